The van der Waals surface area contributed by atoms with Gasteiger partial charge in [-0.2, -0.15) is 5.10 Å². The number of nitrogens with zero attached hydrogens (tertiary/aromatic N) is 5. The number of aryl methyl sites for hydroxylation is 1. The monoisotopic (exact) mass is 316 g/mol. The third-order valence-corrected chi connectivity index (χ3v) is 3.88. The average Bonchev–Trinajstić information content (AvgIpc) is 3.15. The minimum absolute atomic E-state index is 0.0881. The van der Waals surface area contributed by atoms with Crippen molar-refractivity contribution in [2.24, 2.45) is 13.0 Å². The van der Waals surface area contributed by atoms with E-state index in [9.17, 15) is 4.79 Å². The van der Waals surface area contributed by atoms with E-state index in [0.717, 1.165) is 5.69 Å². The molecule has 3 heterocycles. The molecule has 1 aliphatic heterocycles. The van der Waals surface area contributed by atoms with Gasteiger partial charge in [-0.05, 0) is 12.5 Å². The second kappa shape index (κ2) is 6.33. The molecule has 0 spiro atoms. The van der Waals surface area contributed by atoms with Crippen LogP contribution in [0.2, 0.25) is 0 Å². The van der Waals surface area contributed by atoms with Gasteiger partial charge in [0.15, 0.2) is 0 Å². The molecule has 1 fully saturated rings. The van der Waals surface area contributed by atoms with Crippen LogP contribution in [0.15, 0.2) is 24.7 Å². The van der Waals surface area contributed by atoms with Gasteiger partial charge in [-0.15, -0.1) is 0 Å². The Hall–Kier alpha value is -2.48. The lowest BCUT2D eigenvalue weighted by Gasteiger charge is -2.18. The first-order chi connectivity index (χ1) is 11.1. The summed E-state index contributed by atoms with van der Waals surface area (Å²) in [4.78, 5) is 22.8. The van der Waals surface area contributed by atoms with Crippen LogP contribution in [0.25, 0.3) is 0 Å². The van der Waals surface area contributed by atoms with Crippen molar-refractivity contribution >= 4 is 17.5 Å². The number of carbonyl (C=O) groups excluding carboxylic acids is 1. The molecule has 8 nitrogen and oxygen atoms in total. The van der Waals surface area contributed by atoms with Crippen molar-refractivity contribution in [3.8, 4) is 0 Å². The van der Waals surface area contributed by atoms with Crippen LogP contribution in [-0.2, 0) is 16.6 Å². The van der Waals surface area contributed by atoms with Gasteiger partial charge < -0.3 is 15.0 Å². The summed E-state index contributed by atoms with van der Waals surface area (Å²) in [5, 5.41) is 7.01. The summed E-state index contributed by atoms with van der Waals surface area (Å²) in [5.74, 6) is 0.258. The van der Waals surface area contributed by atoms with Gasteiger partial charge >= 0.3 is 0 Å². The second-order valence-corrected chi connectivity index (χ2v) is 5.72. The van der Waals surface area contributed by atoms with Crippen LogP contribution in [-0.4, -0.2) is 46.4 Å². The molecule has 0 radical (unpaired) electrons. The molecule has 122 valence electrons. The van der Waals surface area contributed by atoms with Gasteiger partial charge in [-0.25, -0.2) is 9.97 Å². The summed E-state index contributed by atoms with van der Waals surface area (Å²) in [7, 11) is 5.57. The summed E-state index contributed by atoms with van der Waals surface area (Å²) in [6.07, 6.45) is 5.33. The number of carbonyl (C=O) groups is 1. The normalized spacial score (nSPS) is 20.5. The van der Waals surface area contributed by atoms with Crippen LogP contribution in [0.5, 0.6) is 0 Å². The number of nitrogens with one attached hydrogen (secondary N) is 1. The molecule has 1 N–H and O–H groups in total. The molecule has 8 heteroatoms. The third-order valence-electron chi connectivity index (χ3n) is 3.88. The first kappa shape index (κ1) is 15.4. The molecule has 2 atom stereocenters. The van der Waals surface area contributed by atoms with Gasteiger partial charge in [-0.3, -0.25) is 9.48 Å². The Morgan fingerprint density at radius 2 is 2.13 bits per heavy atom. The van der Waals surface area contributed by atoms with E-state index in [1.807, 2.05) is 27.2 Å². The molecule has 0 aromatic carbocycles. The smallest absolute Gasteiger partial charge is 0.230 e. The van der Waals surface area contributed by atoms with Crippen LogP contribution in [0.1, 0.15) is 18.2 Å². The van der Waals surface area contributed by atoms with E-state index in [0.29, 0.717) is 24.7 Å². The van der Waals surface area contributed by atoms with Crippen molar-refractivity contribution in [3.63, 3.8) is 0 Å². The summed E-state index contributed by atoms with van der Waals surface area (Å²) in [6.45, 7) is 0.560. The van der Waals surface area contributed by atoms with Crippen molar-refractivity contribution in [2.75, 3.05) is 30.9 Å². The molecule has 2 aromatic rings. The Labute approximate surface area is 134 Å². The Bertz CT molecular complexity index is 682. The number of anilines is 2. The lowest BCUT2D eigenvalue weighted by molar-refractivity contribution is -0.121. The zero-order valence-corrected chi connectivity index (χ0v) is 13.4. The minimum Gasteiger partial charge on any atom is -0.371 e. The number of amides is 1. The first-order valence-corrected chi connectivity index (χ1v) is 7.46. The SMILES string of the molecule is CN(C)c1ncc(NC(=O)[C@@H]2CCO[C@H]2c2ccnn2C)cn1. The quantitative estimate of drug-likeness (QED) is 0.905. The second-order valence-electron chi connectivity index (χ2n) is 5.72. The van der Waals surface area contributed by atoms with Crippen LogP contribution < -0.4 is 10.2 Å². The highest BCUT2D eigenvalue weighted by atomic mass is 16.5. The van der Waals surface area contributed by atoms with Crippen LogP contribution >= 0.6 is 0 Å². The van der Waals surface area contributed by atoms with Crippen molar-refractivity contribution in [2.45, 2.75) is 12.5 Å². The molecular weight excluding hydrogens is 296 g/mol. The van der Waals surface area contributed by atoms with Crippen molar-refractivity contribution < 1.29 is 9.53 Å². The fourth-order valence-corrected chi connectivity index (χ4v) is 2.66. The molecule has 1 saturated heterocycles. The Morgan fingerprint density at radius 3 is 2.74 bits per heavy atom. The lowest BCUT2D eigenvalue weighted by atomic mass is 9.98. The molecular formula is C15H20N6O2. The summed E-state index contributed by atoms with van der Waals surface area (Å²) < 4.78 is 7.48. The van der Waals surface area contributed by atoms with Gasteiger partial charge in [-0.1, -0.05) is 0 Å². The Balaban J connectivity index is 1.71. The van der Waals surface area contributed by atoms with Crippen LogP contribution in [0.4, 0.5) is 11.6 Å². The highest BCUT2D eigenvalue weighted by Crippen LogP contribution is 2.34. The van der Waals surface area contributed by atoms with E-state index in [4.69, 9.17) is 4.74 Å². The van der Waals surface area contributed by atoms with Crippen LogP contribution in [0, 0.1) is 5.92 Å². The number of aromatic nitrogens is 4. The van der Waals surface area contributed by atoms with Gasteiger partial charge in [0.05, 0.1) is 29.7 Å². The van der Waals surface area contributed by atoms with Crippen molar-refractivity contribution in [1.82, 2.24) is 19.7 Å². The predicted molar refractivity (Wildman–Crippen MR) is 85.0 cm³/mol. The van der Waals surface area contributed by atoms with E-state index >= 15 is 0 Å². The lowest BCUT2D eigenvalue weighted by Crippen LogP contribution is -2.26. The fourth-order valence-electron chi connectivity index (χ4n) is 2.66. The predicted octanol–water partition coefficient (Wildman–Crippen LogP) is 0.992. The van der Waals surface area contributed by atoms with E-state index in [2.05, 4.69) is 20.4 Å². The topological polar surface area (TPSA) is 85.2 Å². The third kappa shape index (κ3) is 3.16. The minimum atomic E-state index is -0.274. The van der Waals surface area contributed by atoms with Gasteiger partial charge in [0.1, 0.15) is 6.10 Å². The zero-order valence-electron chi connectivity index (χ0n) is 13.4. The molecule has 2 aromatic heterocycles. The zero-order chi connectivity index (χ0) is 16.4. The Kier molecular flexibility index (Phi) is 4.24. The maximum atomic E-state index is 12.6. The summed E-state index contributed by atoms with van der Waals surface area (Å²) in [6, 6.07) is 1.88. The highest BCUT2D eigenvalue weighted by Gasteiger charge is 2.36. The van der Waals surface area contributed by atoms with E-state index in [-0.39, 0.29) is 17.9 Å². The number of rotatable bonds is 4. The van der Waals surface area contributed by atoms with E-state index in [1.165, 1.54) is 0 Å². The highest BCUT2D eigenvalue weighted by molar-refractivity contribution is 5.92. The Morgan fingerprint density at radius 1 is 1.39 bits per heavy atom. The number of ether oxygens (including phenoxy) is 1. The molecule has 1 amide bonds. The van der Waals surface area contributed by atoms with Crippen LogP contribution in [0.3, 0.4) is 0 Å². The molecule has 3 rings (SSSR count). The van der Waals surface area contributed by atoms with Crippen molar-refractivity contribution in [1.29, 1.82) is 0 Å². The van der Waals surface area contributed by atoms with E-state index in [1.54, 1.807) is 28.2 Å². The van der Waals surface area contributed by atoms with Gasteiger partial charge in [0.2, 0.25) is 11.9 Å². The molecule has 0 bridgehead atoms. The van der Waals surface area contributed by atoms with Gasteiger partial charge in [0.25, 0.3) is 0 Å². The molecule has 0 aliphatic carbocycles. The largest absolute Gasteiger partial charge is 0.371 e. The van der Waals surface area contributed by atoms with E-state index < -0.39 is 0 Å². The average molecular weight is 316 g/mol. The summed E-state index contributed by atoms with van der Waals surface area (Å²) in [5.41, 5.74) is 1.48. The maximum Gasteiger partial charge on any atom is 0.230 e. The summed E-state index contributed by atoms with van der Waals surface area (Å²) >= 11 is 0. The standard InChI is InChI=1S/C15H20N6O2/c1-20(2)15-16-8-10(9-17-15)19-14(22)11-5-7-23-13(11)12-4-6-18-21(12)3/h4,6,8-9,11,13H,5,7H2,1-3H3,(H,19,22)/t11-,13-/m1/s1. The van der Waals surface area contributed by atoms with Gasteiger partial charge in [0, 0.05) is 33.9 Å². The molecule has 23 heavy (non-hydrogen) atoms. The number of hydrogen-bond acceptors (Lipinski definition) is 6. The van der Waals surface area contributed by atoms with Crippen molar-refractivity contribution in [3.05, 3.63) is 30.4 Å². The molecule has 1 aliphatic rings. The first-order valence-electron chi connectivity index (χ1n) is 7.46. The fraction of sp³-hybridized carbons (Fsp3) is 0.467. The molecule has 0 saturated carbocycles. The molecule has 0 unspecified atom stereocenters. The number of hydrogen-bond donors (Lipinski definition) is 1. The maximum absolute atomic E-state index is 12.6.